The molecular formula is C16H25N3O3. The van der Waals surface area contributed by atoms with Gasteiger partial charge in [-0.05, 0) is 6.92 Å². The van der Waals surface area contributed by atoms with Gasteiger partial charge in [-0.25, -0.2) is 0 Å². The lowest BCUT2D eigenvalue weighted by Crippen LogP contribution is -2.47. The van der Waals surface area contributed by atoms with E-state index in [1.165, 1.54) is 0 Å². The molecule has 1 aromatic rings. The molecule has 0 aliphatic carbocycles. The van der Waals surface area contributed by atoms with Crippen LogP contribution >= 0.6 is 0 Å². The van der Waals surface area contributed by atoms with Crippen molar-refractivity contribution in [3.05, 3.63) is 17.5 Å². The zero-order valence-electron chi connectivity index (χ0n) is 13.3. The van der Waals surface area contributed by atoms with Crippen molar-refractivity contribution < 1.29 is 14.0 Å². The van der Waals surface area contributed by atoms with Crippen LogP contribution in [0.25, 0.3) is 0 Å². The Kier molecular flexibility index (Phi) is 3.94. The average Bonchev–Trinajstić information content (AvgIpc) is 3.15. The normalized spacial score (nSPS) is 33.4. The minimum absolute atomic E-state index is 0.288. The van der Waals surface area contributed by atoms with Gasteiger partial charge in [0, 0.05) is 56.7 Å². The molecule has 3 fully saturated rings. The summed E-state index contributed by atoms with van der Waals surface area (Å²) in [4.78, 5) is 5.07. The van der Waals surface area contributed by atoms with Gasteiger partial charge in [-0.15, -0.1) is 0 Å². The molecule has 0 bridgehead atoms. The Morgan fingerprint density at radius 2 is 2.14 bits per heavy atom. The van der Waals surface area contributed by atoms with Crippen LogP contribution in [0.15, 0.2) is 10.6 Å². The number of aryl methyl sites for hydroxylation is 1. The molecular weight excluding hydrogens is 282 g/mol. The van der Waals surface area contributed by atoms with Crippen LogP contribution < -0.4 is 0 Å². The van der Waals surface area contributed by atoms with E-state index in [1.807, 2.05) is 13.0 Å². The van der Waals surface area contributed by atoms with Crippen LogP contribution in [0.4, 0.5) is 0 Å². The number of fused-ring (bicyclic) bond motifs is 1. The fraction of sp³-hybridized carbons (Fsp3) is 0.812. The number of hydrogen-bond acceptors (Lipinski definition) is 6. The zero-order valence-corrected chi connectivity index (χ0v) is 13.3. The van der Waals surface area contributed by atoms with Gasteiger partial charge in [-0.1, -0.05) is 5.16 Å². The number of ether oxygens (including phenoxy) is 2. The molecule has 0 spiro atoms. The number of nitrogens with zero attached hydrogens (tertiary/aromatic N) is 3. The first kappa shape index (κ1) is 14.6. The lowest BCUT2D eigenvalue weighted by atomic mass is 9.80. The fourth-order valence-corrected chi connectivity index (χ4v) is 4.21. The van der Waals surface area contributed by atoms with Crippen LogP contribution in [0, 0.1) is 18.3 Å². The van der Waals surface area contributed by atoms with E-state index in [1.54, 1.807) is 0 Å². The molecule has 6 nitrogen and oxygen atoms in total. The molecule has 3 aliphatic rings. The van der Waals surface area contributed by atoms with Crippen molar-refractivity contribution in [2.24, 2.45) is 11.3 Å². The summed E-state index contributed by atoms with van der Waals surface area (Å²) in [5, 5.41) is 4.14. The highest BCUT2D eigenvalue weighted by Gasteiger charge is 2.51. The quantitative estimate of drug-likeness (QED) is 0.819. The Labute approximate surface area is 131 Å². The molecule has 6 heteroatoms. The Morgan fingerprint density at radius 3 is 2.91 bits per heavy atom. The minimum atomic E-state index is 0.288. The highest BCUT2D eigenvalue weighted by atomic mass is 16.5. The van der Waals surface area contributed by atoms with Crippen LogP contribution in [0.1, 0.15) is 11.5 Å². The van der Waals surface area contributed by atoms with Crippen molar-refractivity contribution in [3.63, 3.8) is 0 Å². The van der Waals surface area contributed by atoms with Crippen molar-refractivity contribution in [1.82, 2.24) is 15.0 Å². The molecule has 0 amide bonds. The van der Waals surface area contributed by atoms with E-state index in [0.717, 1.165) is 77.2 Å². The first-order valence-electron chi connectivity index (χ1n) is 8.26. The van der Waals surface area contributed by atoms with E-state index in [4.69, 9.17) is 14.0 Å². The van der Waals surface area contributed by atoms with Gasteiger partial charge < -0.3 is 14.0 Å². The van der Waals surface area contributed by atoms with E-state index < -0.39 is 0 Å². The van der Waals surface area contributed by atoms with Gasteiger partial charge in [-0.2, -0.15) is 0 Å². The maximum Gasteiger partial charge on any atom is 0.133 e. The molecule has 1 aromatic heterocycles. The van der Waals surface area contributed by atoms with Crippen molar-refractivity contribution in [2.45, 2.75) is 13.5 Å². The standard InChI is InChI=1S/C16H25N3O3/c1-13-6-15(17-22-13)8-19-7-14-9-21-12-16(14,11-19)10-18-2-4-20-5-3-18/h6,14H,2-5,7-12H2,1H3/t14-,16+/m1/s1. The van der Waals surface area contributed by atoms with Gasteiger partial charge in [0.05, 0.1) is 32.1 Å². The van der Waals surface area contributed by atoms with Gasteiger partial charge in [0.1, 0.15) is 5.76 Å². The van der Waals surface area contributed by atoms with Crippen molar-refractivity contribution in [3.8, 4) is 0 Å². The summed E-state index contributed by atoms with van der Waals surface area (Å²) in [7, 11) is 0. The zero-order chi connectivity index (χ0) is 15.0. The third kappa shape index (κ3) is 2.80. The molecule has 4 heterocycles. The molecule has 2 atom stereocenters. The summed E-state index contributed by atoms with van der Waals surface area (Å²) in [5.74, 6) is 1.53. The Bertz CT molecular complexity index is 514. The van der Waals surface area contributed by atoms with Crippen LogP contribution in [-0.4, -0.2) is 74.1 Å². The first-order chi connectivity index (χ1) is 10.7. The van der Waals surface area contributed by atoms with Crippen LogP contribution in [0.2, 0.25) is 0 Å². The third-order valence-corrected chi connectivity index (χ3v) is 5.30. The average molecular weight is 307 g/mol. The molecule has 0 unspecified atom stereocenters. The minimum Gasteiger partial charge on any atom is -0.380 e. The van der Waals surface area contributed by atoms with Crippen molar-refractivity contribution in [2.75, 3.05) is 59.2 Å². The molecule has 22 heavy (non-hydrogen) atoms. The molecule has 4 rings (SSSR count). The van der Waals surface area contributed by atoms with Crippen molar-refractivity contribution >= 4 is 0 Å². The summed E-state index contributed by atoms with van der Waals surface area (Å²) in [6, 6.07) is 2.04. The summed E-state index contributed by atoms with van der Waals surface area (Å²) in [5.41, 5.74) is 1.33. The summed E-state index contributed by atoms with van der Waals surface area (Å²) in [6.45, 7) is 11.8. The van der Waals surface area contributed by atoms with Gasteiger partial charge in [-0.3, -0.25) is 9.80 Å². The largest absolute Gasteiger partial charge is 0.380 e. The van der Waals surface area contributed by atoms with Gasteiger partial charge in [0.15, 0.2) is 0 Å². The molecule has 0 radical (unpaired) electrons. The third-order valence-electron chi connectivity index (χ3n) is 5.30. The summed E-state index contributed by atoms with van der Waals surface area (Å²) >= 11 is 0. The highest BCUT2D eigenvalue weighted by molar-refractivity contribution is 5.07. The topological polar surface area (TPSA) is 51.0 Å². The second-order valence-corrected chi connectivity index (χ2v) is 7.06. The lowest BCUT2D eigenvalue weighted by Gasteiger charge is -2.36. The number of aromatic nitrogens is 1. The molecule has 3 aliphatic heterocycles. The molecule has 3 saturated heterocycles. The second-order valence-electron chi connectivity index (χ2n) is 7.06. The Hall–Kier alpha value is -0.950. The van der Waals surface area contributed by atoms with E-state index in [9.17, 15) is 0 Å². The predicted molar refractivity (Wildman–Crippen MR) is 80.5 cm³/mol. The predicted octanol–water partition coefficient (Wildman–Crippen LogP) is 0.764. The van der Waals surface area contributed by atoms with E-state index in [-0.39, 0.29) is 5.41 Å². The Balaban J connectivity index is 1.42. The summed E-state index contributed by atoms with van der Waals surface area (Å²) < 4.78 is 16.5. The van der Waals surface area contributed by atoms with E-state index in [0.29, 0.717) is 5.92 Å². The Morgan fingerprint density at radius 1 is 1.27 bits per heavy atom. The van der Waals surface area contributed by atoms with Gasteiger partial charge in [0.25, 0.3) is 0 Å². The van der Waals surface area contributed by atoms with Crippen LogP contribution in [0.5, 0.6) is 0 Å². The monoisotopic (exact) mass is 307 g/mol. The SMILES string of the molecule is Cc1cc(CN2C[C@@H]3COC[C@]3(CN3CCOCC3)C2)no1. The first-order valence-corrected chi connectivity index (χ1v) is 8.26. The molecule has 0 saturated carbocycles. The van der Waals surface area contributed by atoms with Gasteiger partial charge in [0.2, 0.25) is 0 Å². The maximum atomic E-state index is 5.84. The molecule has 0 aromatic carbocycles. The number of likely N-dealkylation sites (tertiary alicyclic amines) is 1. The fourth-order valence-electron chi connectivity index (χ4n) is 4.21. The number of rotatable bonds is 4. The second kappa shape index (κ2) is 5.92. The summed E-state index contributed by atoms with van der Waals surface area (Å²) in [6.07, 6.45) is 0. The molecule has 122 valence electrons. The van der Waals surface area contributed by atoms with Crippen LogP contribution in [0.3, 0.4) is 0 Å². The molecule has 0 N–H and O–H groups in total. The van der Waals surface area contributed by atoms with E-state index in [2.05, 4.69) is 15.0 Å². The highest BCUT2D eigenvalue weighted by Crippen LogP contribution is 2.42. The number of hydrogen-bond donors (Lipinski definition) is 0. The number of morpholine rings is 1. The van der Waals surface area contributed by atoms with E-state index >= 15 is 0 Å². The smallest absolute Gasteiger partial charge is 0.133 e. The van der Waals surface area contributed by atoms with Gasteiger partial charge >= 0.3 is 0 Å². The lowest BCUT2D eigenvalue weighted by molar-refractivity contribution is 0.0102. The maximum absolute atomic E-state index is 5.84. The van der Waals surface area contributed by atoms with Crippen molar-refractivity contribution in [1.29, 1.82) is 0 Å². The van der Waals surface area contributed by atoms with Crippen LogP contribution in [-0.2, 0) is 16.0 Å².